The first-order chi connectivity index (χ1) is 10.2. The zero-order valence-electron chi connectivity index (χ0n) is 11.7. The van der Waals surface area contributed by atoms with E-state index < -0.39 is 0 Å². The lowest BCUT2D eigenvalue weighted by atomic mass is 10.0. The number of halogens is 1. The van der Waals surface area contributed by atoms with Crippen LogP contribution < -0.4 is 5.32 Å². The summed E-state index contributed by atoms with van der Waals surface area (Å²) < 4.78 is 15.2. The third-order valence-corrected chi connectivity index (χ3v) is 5.03. The Hall–Kier alpha value is -1.72. The maximum atomic E-state index is 13.1. The summed E-state index contributed by atoms with van der Waals surface area (Å²) in [6.07, 6.45) is 6.17. The number of rotatable bonds is 4. The van der Waals surface area contributed by atoms with Crippen LogP contribution in [0.25, 0.3) is 4.96 Å². The molecule has 1 unspecified atom stereocenters. The molecule has 2 heterocycles. The Balaban J connectivity index is 1.60. The second-order valence-corrected chi connectivity index (χ2v) is 6.57. The third kappa shape index (κ3) is 2.17. The number of hydrogen-bond acceptors (Lipinski definition) is 3. The molecule has 0 spiro atoms. The number of hydrogen-bond donors (Lipinski definition) is 1. The lowest BCUT2D eigenvalue weighted by Crippen LogP contribution is -2.32. The van der Waals surface area contributed by atoms with Crippen molar-refractivity contribution in [1.82, 2.24) is 14.7 Å². The van der Waals surface area contributed by atoms with E-state index in [2.05, 4.69) is 27.8 Å². The van der Waals surface area contributed by atoms with Crippen molar-refractivity contribution in [2.24, 2.45) is 0 Å². The number of benzene rings is 1. The van der Waals surface area contributed by atoms with Crippen molar-refractivity contribution < 1.29 is 4.39 Å². The fourth-order valence-electron chi connectivity index (χ4n) is 2.96. The highest BCUT2D eigenvalue weighted by Gasteiger charge is 2.45. The van der Waals surface area contributed by atoms with Crippen molar-refractivity contribution in [1.29, 1.82) is 0 Å². The van der Waals surface area contributed by atoms with Crippen LogP contribution in [0.4, 0.5) is 4.39 Å². The van der Waals surface area contributed by atoms with Crippen LogP contribution >= 0.6 is 11.3 Å². The summed E-state index contributed by atoms with van der Waals surface area (Å²) >= 11 is 1.64. The summed E-state index contributed by atoms with van der Waals surface area (Å²) in [6, 6.07) is 7.05. The van der Waals surface area contributed by atoms with Crippen LogP contribution in [0.3, 0.4) is 0 Å². The van der Waals surface area contributed by atoms with E-state index in [0.29, 0.717) is 0 Å². The summed E-state index contributed by atoms with van der Waals surface area (Å²) in [5, 5.41) is 5.76. The van der Waals surface area contributed by atoms with E-state index in [4.69, 9.17) is 0 Å². The molecule has 0 bridgehead atoms. The molecule has 108 valence electrons. The molecule has 1 atom stereocenters. The molecule has 3 nitrogen and oxygen atoms in total. The molecule has 21 heavy (non-hydrogen) atoms. The zero-order valence-corrected chi connectivity index (χ0v) is 12.5. The van der Waals surface area contributed by atoms with Crippen molar-refractivity contribution >= 4 is 16.3 Å². The van der Waals surface area contributed by atoms with E-state index >= 15 is 0 Å². The van der Waals surface area contributed by atoms with Crippen LogP contribution in [0.5, 0.6) is 0 Å². The molecule has 5 heteroatoms. The van der Waals surface area contributed by atoms with Gasteiger partial charge in [0.05, 0.1) is 11.9 Å². The predicted molar refractivity (Wildman–Crippen MR) is 81.9 cm³/mol. The standard InChI is InChI=1S/C16H16FN3S/c1-11(14-10-18-15-20(14)8-9-21-15)19-16(6-7-16)12-2-4-13(17)5-3-12/h2-5,8-11,19H,6-7H2,1H3. The van der Waals surface area contributed by atoms with Gasteiger partial charge in [0, 0.05) is 23.2 Å². The Morgan fingerprint density at radius 3 is 2.81 bits per heavy atom. The highest BCUT2D eigenvalue weighted by molar-refractivity contribution is 7.15. The summed E-state index contributed by atoms with van der Waals surface area (Å²) in [7, 11) is 0. The Kier molecular flexibility index (Phi) is 2.87. The minimum Gasteiger partial charge on any atom is -0.299 e. The molecule has 1 saturated carbocycles. The minimum absolute atomic E-state index is 0.00666. The second kappa shape index (κ2) is 4.64. The van der Waals surface area contributed by atoms with E-state index in [-0.39, 0.29) is 17.4 Å². The number of nitrogens with one attached hydrogen (secondary N) is 1. The lowest BCUT2D eigenvalue weighted by Gasteiger charge is -2.23. The predicted octanol–water partition coefficient (Wildman–Crippen LogP) is 3.87. The van der Waals surface area contributed by atoms with Gasteiger partial charge >= 0.3 is 0 Å². The van der Waals surface area contributed by atoms with Crippen LogP contribution in [-0.4, -0.2) is 9.38 Å². The van der Waals surface area contributed by atoms with Gasteiger partial charge < -0.3 is 0 Å². The molecular formula is C16H16FN3S. The van der Waals surface area contributed by atoms with Crippen molar-refractivity contribution in [3.05, 3.63) is 59.1 Å². The molecule has 1 fully saturated rings. The van der Waals surface area contributed by atoms with Crippen molar-refractivity contribution in [3.8, 4) is 0 Å². The molecule has 1 N–H and O–H groups in total. The third-order valence-electron chi connectivity index (χ3n) is 4.26. The molecule has 1 aliphatic rings. The smallest absolute Gasteiger partial charge is 0.193 e. The van der Waals surface area contributed by atoms with Gasteiger partial charge in [0.1, 0.15) is 5.82 Å². The highest BCUT2D eigenvalue weighted by atomic mass is 32.1. The first kappa shape index (κ1) is 13.0. The summed E-state index contributed by atoms with van der Waals surface area (Å²) in [5.41, 5.74) is 2.33. The van der Waals surface area contributed by atoms with Crippen LogP contribution in [0, 0.1) is 5.82 Å². The van der Waals surface area contributed by atoms with Gasteiger partial charge in [-0.25, -0.2) is 9.37 Å². The average Bonchev–Trinajstić information content (AvgIpc) is 2.93. The largest absolute Gasteiger partial charge is 0.299 e. The number of fused-ring (bicyclic) bond motifs is 1. The maximum absolute atomic E-state index is 13.1. The van der Waals surface area contributed by atoms with Crippen molar-refractivity contribution in [3.63, 3.8) is 0 Å². The molecule has 0 aliphatic heterocycles. The zero-order chi connectivity index (χ0) is 14.4. The topological polar surface area (TPSA) is 29.3 Å². The van der Waals surface area contributed by atoms with Crippen LogP contribution in [-0.2, 0) is 5.54 Å². The molecule has 1 aromatic carbocycles. The molecule has 1 aliphatic carbocycles. The minimum atomic E-state index is -0.182. The number of nitrogens with zero attached hydrogens (tertiary/aromatic N) is 2. The number of aromatic nitrogens is 2. The highest BCUT2D eigenvalue weighted by Crippen LogP contribution is 2.47. The quantitative estimate of drug-likeness (QED) is 0.792. The van der Waals surface area contributed by atoms with E-state index in [9.17, 15) is 4.39 Å². The molecule has 0 amide bonds. The van der Waals surface area contributed by atoms with Gasteiger partial charge in [-0.05, 0) is 37.5 Å². The summed E-state index contributed by atoms with van der Waals surface area (Å²) in [5.74, 6) is -0.182. The lowest BCUT2D eigenvalue weighted by molar-refractivity contribution is 0.442. The molecular weight excluding hydrogens is 285 g/mol. The summed E-state index contributed by atoms with van der Waals surface area (Å²) in [4.78, 5) is 5.45. The van der Waals surface area contributed by atoms with Gasteiger partial charge in [-0.3, -0.25) is 9.72 Å². The van der Waals surface area contributed by atoms with Gasteiger partial charge in [0.25, 0.3) is 0 Å². The van der Waals surface area contributed by atoms with Gasteiger partial charge in [-0.1, -0.05) is 12.1 Å². The number of imidazole rings is 1. The van der Waals surface area contributed by atoms with E-state index in [1.165, 1.54) is 23.4 Å². The molecule has 3 aromatic rings. The van der Waals surface area contributed by atoms with Crippen LogP contribution in [0.2, 0.25) is 0 Å². The first-order valence-electron chi connectivity index (χ1n) is 7.12. The Morgan fingerprint density at radius 2 is 2.10 bits per heavy atom. The van der Waals surface area contributed by atoms with E-state index in [1.807, 2.05) is 23.7 Å². The molecule has 0 saturated heterocycles. The first-order valence-corrected chi connectivity index (χ1v) is 8.00. The molecule has 4 rings (SSSR count). The average molecular weight is 301 g/mol. The Bertz CT molecular complexity index is 770. The molecule has 0 radical (unpaired) electrons. The van der Waals surface area contributed by atoms with Crippen LogP contribution in [0.15, 0.2) is 42.0 Å². The van der Waals surface area contributed by atoms with Crippen molar-refractivity contribution in [2.45, 2.75) is 31.3 Å². The van der Waals surface area contributed by atoms with Gasteiger partial charge in [-0.15, -0.1) is 11.3 Å². The SMILES string of the molecule is CC(NC1(c2ccc(F)cc2)CC1)c1cnc2sccn12. The Morgan fingerprint density at radius 1 is 1.33 bits per heavy atom. The monoisotopic (exact) mass is 301 g/mol. The maximum Gasteiger partial charge on any atom is 0.193 e. The van der Waals surface area contributed by atoms with E-state index in [1.54, 1.807) is 11.3 Å². The summed E-state index contributed by atoms with van der Waals surface area (Å²) in [6.45, 7) is 2.16. The normalized spacial score (nSPS) is 18.0. The number of thiazole rings is 1. The fraction of sp³-hybridized carbons (Fsp3) is 0.312. The molecule has 2 aromatic heterocycles. The van der Waals surface area contributed by atoms with Crippen molar-refractivity contribution in [2.75, 3.05) is 0 Å². The Labute approximate surface area is 126 Å². The van der Waals surface area contributed by atoms with Gasteiger partial charge in [0.15, 0.2) is 4.96 Å². The van der Waals surface area contributed by atoms with Gasteiger partial charge in [0.2, 0.25) is 0 Å². The van der Waals surface area contributed by atoms with Gasteiger partial charge in [-0.2, -0.15) is 0 Å². The second-order valence-electron chi connectivity index (χ2n) is 5.69. The fourth-order valence-corrected chi connectivity index (χ4v) is 3.66. The van der Waals surface area contributed by atoms with Crippen LogP contribution in [0.1, 0.15) is 37.1 Å². The van der Waals surface area contributed by atoms with E-state index in [0.717, 1.165) is 17.8 Å².